The lowest BCUT2D eigenvalue weighted by molar-refractivity contribution is 0.664. The molecule has 0 spiro atoms. The molecule has 0 bridgehead atoms. The van der Waals surface area contributed by atoms with Crippen LogP contribution in [0.4, 0.5) is 0 Å². The van der Waals surface area contributed by atoms with Gasteiger partial charge in [-0.15, -0.1) is 11.3 Å². The summed E-state index contributed by atoms with van der Waals surface area (Å²) < 4.78 is 2.68. The summed E-state index contributed by atoms with van der Waals surface area (Å²) in [5.41, 5.74) is 7.73. The minimum Gasteiger partial charge on any atom is -0.228 e. The maximum atomic E-state index is 5.45. The molecule has 0 unspecified atom stereocenters. The first-order valence-corrected chi connectivity index (χ1v) is 16.7. The summed E-state index contributed by atoms with van der Waals surface area (Å²) in [6.07, 6.45) is 0. The zero-order chi connectivity index (χ0) is 30.6. The molecule has 7 aromatic carbocycles. The molecule has 0 radical (unpaired) electrons. The standard InChI is InChI=1S/C43H28N2S/c1-43(2)37-34(23-22-33-32-18-10-11-19-36(32)46-41(33)37)40-38(43)39(25-12-4-3-5-13-25)44-42(45-40)26-20-21-31-29-16-7-6-14-27(29)28-15-8-9-17-30(28)35(31)24-26/h3-24H,1-2H3. The van der Waals surface area contributed by atoms with Gasteiger partial charge in [0, 0.05) is 47.8 Å². The third-order valence-corrected chi connectivity index (χ3v) is 11.2. The van der Waals surface area contributed by atoms with Gasteiger partial charge in [-0.1, -0.05) is 135 Å². The van der Waals surface area contributed by atoms with E-state index in [4.69, 9.17) is 9.97 Å². The highest BCUT2D eigenvalue weighted by Gasteiger charge is 2.42. The van der Waals surface area contributed by atoms with Crippen molar-refractivity contribution >= 4 is 63.8 Å². The van der Waals surface area contributed by atoms with Crippen LogP contribution in [-0.4, -0.2) is 9.97 Å². The topological polar surface area (TPSA) is 25.8 Å². The molecule has 2 nitrogen and oxygen atoms in total. The third kappa shape index (κ3) is 3.46. The molecule has 0 N–H and O–H groups in total. The van der Waals surface area contributed by atoms with Gasteiger partial charge in [-0.25, -0.2) is 9.97 Å². The van der Waals surface area contributed by atoms with Gasteiger partial charge >= 0.3 is 0 Å². The average Bonchev–Trinajstić information content (AvgIpc) is 3.60. The zero-order valence-electron chi connectivity index (χ0n) is 25.5. The molecule has 0 aliphatic heterocycles. The lowest BCUT2D eigenvalue weighted by Crippen LogP contribution is -2.17. The fourth-order valence-corrected chi connectivity index (χ4v) is 9.37. The molecule has 0 atom stereocenters. The van der Waals surface area contributed by atoms with Crippen LogP contribution in [0.2, 0.25) is 0 Å². The Balaban J connectivity index is 1.28. The van der Waals surface area contributed by atoms with Gasteiger partial charge in [0.25, 0.3) is 0 Å². The predicted molar refractivity (Wildman–Crippen MR) is 196 cm³/mol. The van der Waals surface area contributed by atoms with Crippen molar-refractivity contribution in [3.05, 3.63) is 145 Å². The first kappa shape index (κ1) is 25.9. The van der Waals surface area contributed by atoms with E-state index in [0.717, 1.165) is 28.3 Å². The molecule has 0 amide bonds. The second kappa shape index (κ2) is 9.32. The summed E-state index contributed by atoms with van der Waals surface area (Å²) >= 11 is 1.90. The molecule has 216 valence electrons. The monoisotopic (exact) mass is 604 g/mol. The molecular weight excluding hydrogens is 577 g/mol. The molecular formula is C43H28N2S. The molecule has 1 aliphatic rings. The van der Waals surface area contributed by atoms with Crippen LogP contribution in [0.25, 0.3) is 86.4 Å². The minimum absolute atomic E-state index is 0.271. The van der Waals surface area contributed by atoms with Gasteiger partial charge < -0.3 is 0 Å². The Labute approximate surface area is 270 Å². The number of thiophene rings is 1. The van der Waals surface area contributed by atoms with E-state index in [-0.39, 0.29) is 5.41 Å². The third-order valence-electron chi connectivity index (χ3n) is 10.0. The summed E-state index contributed by atoms with van der Waals surface area (Å²) in [4.78, 5) is 10.9. The first-order chi connectivity index (χ1) is 22.6. The van der Waals surface area contributed by atoms with E-state index in [0.29, 0.717) is 0 Å². The van der Waals surface area contributed by atoms with Gasteiger partial charge in [0.2, 0.25) is 0 Å². The van der Waals surface area contributed by atoms with Gasteiger partial charge in [0.05, 0.1) is 11.4 Å². The number of fused-ring (bicyclic) bond motifs is 13. The summed E-state index contributed by atoms with van der Waals surface area (Å²) in [5.74, 6) is 0.761. The quantitative estimate of drug-likeness (QED) is 0.183. The number of rotatable bonds is 2. The first-order valence-electron chi connectivity index (χ1n) is 15.8. The maximum Gasteiger partial charge on any atom is 0.160 e. The van der Waals surface area contributed by atoms with Crippen molar-refractivity contribution in [2.75, 3.05) is 0 Å². The van der Waals surface area contributed by atoms with E-state index >= 15 is 0 Å². The van der Waals surface area contributed by atoms with E-state index in [2.05, 4.69) is 147 Å². The van der Waals surface area contributed by atoms with Crippen molar-refractivity contribution in [2.24, 2.45) is 0 Å². The van der Waals surface area contributed by atoms with Crippen molar-refractivity contribution in [2.45, 2.75) is 19.3 Å². The van der Waals surface area contributed by atoms with Crippen LogP contribution in [0, 0.1) is 0 Å². The van der Waals surface area contributed by atoms with E-state index < -0.39 is 0 Å². The van der Waals surface area contributed by atoms with Crippen molar-refractivity contribution < 1.29 is 0 Å². The highest BCUT2D eigenvalue weighted by molar-refractivity contribution is 7.26. The van der Waals surface area contributed by atoms with E-state index in [1.807, 2.05) is 11.3 Å². The van der Waals surface area contributed by atoms with Crippen LogP contribution in [0.5, 0.6) is 0 Å². The Morgan fingerprint density at radius 3 is 1.74 bits per heavy atom. The Bertz CT molecular complexity index is 2680. The van der Waals surface area contributed by atoms with Crippen LogP contribution in [0.3, 0.4) is 0 Å². The van der Waals surface area contributed by atoms with E-state index in [9.17, 15) is 0 Å². The van der Waals surface area contributed by atoms with Gasteiger partial charge in [-0.2, -0.15) is 0 Å². The summed E-state index contributed by atoms with van der Waals surface area (Å²) in [6.45, 7) is 4.70. The van der Waals surface area contributed by atoms with Crippen LogP contribution >= 0.6 is 11.3 Å². The number of aromatic nitrogens is 2. The Hall–Kier alpha value is -5.38. The molecule has 2 heterocycles. The smallest absolute Gasteiger partial charge is 0.160 e. The van der Waals surface area contributed by atoms with Crippen molar-refractivity contribution in [3.8, 4) is 33.9 Å². The van der Waals surface area contributed by atoms with Crippen LogP contribution < -0.4 is 0 Å². The molecule has 9 aromatic rings. The zero-order valence-corrected chi connectivity index (χ0v) is 26.3. The lowest BCUT2D eigenvalue weighted by atomic mass is 9.80. The Morgan fingerprint density at radius 2 is 1.02 bits per heavy atom. The van der Waals surface area contributed by atoms with Gasteiger partial charge in [0.1, 0.15) is 0 Å². The lowest BCUT2D eigenvalue weighted by Gasteiger charge is -2.24. The van der Waals surface area contributed by atoms with Crippen molar-refractivity contribution in [1.29, 1.82) is 0 Å². The maximum absolute atomic E-state index is 5.45. The van der Waals surface area contributed by atoms with Crippen LogP contribution in [0.15, 0.2) is 133 Å². The number of hydrogen-bond donors (Lipinski definition) is 0. The number of hydrogen-bond acceptors (Lipinski definition) is 3. The molecule has 0 saturated heterocycles. The van der Waals surface area contributed by atoms with Gasteiger partial charge in [-0.3, -0.25) is 0 Å². The molecule has 3 heteroatoms. The second-order valence-corrected chi connectivity index (χ2v) is 14.0. The van der Waals surface area contributed by atoms with Gasteiger partial charge in [-0.05, 0) is 50.0 Å². The molecule has 2 aromatic heterocycles. The normalized spacial score (nSPS) is 13.6. The van der Waals surface area contributed by atoms with E-state index in [1.165, 1.54) is 69.2 Å². The molecule has 46 heavy (non-hydrogen) atoms. The number of nitrogens with zero attached hydrogens (tertiary/aromatic N) is 2. The average molecular weight is 605 g/mol. The fraction of sp³-hybridized carbons (Fsp3) is 0.0698. The van der Waals surface area contributed by atoms with Crippen LogP contribution in [-0.2, 0) is 5.41 Å². The van der Waals surface area contributed by atoms with Crippen molar-refractivity contribution in [1.82, 2.24) is 9.97 Å². The summed E-state index contributed by atoms with van der Waals surface area (Å²) in [6, 6.07) is 48.2. The highest BCUT2D eigenvalue weighted by atomic mass is 32.1. The largest absolute Gasteiger partial charge is 0.228 e. The van der Waals surface area contributed by atoms with Gasteiger partial charge in [0.15, 0.2) is 5.82 Å². The summed E-state index contributed by atoms with van der Waals surface area (Å²) in [7, 11) is 0. The minimum atomic E-state index is -0.271. The molecule has 1 aliphatic carbocycles. The Morgan fingerprint density at radius 1 is 0.457 bits per heavy atom. The molecule has 0 fully saturated rings. The Kier molecular flexibility index (Phi) is 5.25. The fourth-order valence-electron chi connectivity index (χ4n) is 7.96. The molecule has 0 saturated carbocycles. The van der Waals surface area contributed by atoms with Crippen LogP contribution in [0.1, 0.15) is 25.0 Å². The number of benzene rings is 7. The summed E-state index contributed by atoms with van der Waals surface area (Å²) in [5, 5.41) is 10.2. The molecule has 10 rings (SSSR count). The highest BCUT2D eigenvalue weighted by Crippen LogP contribution is 2.55. The second-order valence-electron chi connectivity index (χ2n) is 12.9. The predicted octanol–water partition coefficient (Wildman–Crippen LogP) is 11.9. The SMILES string of the molecule is CC1(C)c2c(-c3ccccc3)nc(-c3ccc4c5ccccc5c5ccccc5c4c3)nc2-c2ccc3c(sc4ccccc43)c21. The van der Waals surface area contributed by atoms with E-state index in [1.54, 1.807) is 0 Å². The van der Waals surface area contributed by atoms with Crippen molar-refractivity contribution in [3.63, 3.8) is 0 Å².